The summed E-state index contributed by atoms with van der Waals surface area (Å²) in [4.78, 5) is 24.5. The molecule has 0 aliphatic heterocycles. The van der Waals surface area contributed by atoms with Crippen molar-refractivity contribution in [2.75, 3.05) is 18.4 Å². The molecule has 13 heteroatoms. The Morgan fingerprint density at radius 1 is 0.789 bits per heavy atom. The number of anilines is 1. The first-order chi connectivity index (χ1) is 17.9. The van der Waals surface area contributed by atoms with Crippen molar-refractivity contribution < 1.29 is 31.2 Å². The zero-order valence-corrected chi connectivity index (χ0v) is 22.6. The summed E-state index contributed by atoms with van der Waals surface area (Å²) in [6.07, 6.45) is -0.248. The number of amides is 2. The van der Waals surface area contributed by atoms with E-state index < -0.39 is 31.9 Å². The van der Waals surface area contributed by atoms with Gasteiger partial charge in [0.25, 0.3) is 15.9 Å². The summed E-state index contributed by atoms with van der Waals surface area (Å²) in [6, 6.07) is 16.4. The molecule has 0 fully saturated rings. The lowest BCUT2D eigenvalue weighted by Crippen LogP contribution is -2.42. The highest BCUT2D eigenvalue weighted by molar-refractivity contribution is 7.92. The number of rotatable bonds is 10. The van der Waals surface area contributed by atoms with Gasteiger partial charge in [-0.3, -0.25) is 25.2 Å². The third-order valence-electron chi connectivity index (χ3n) is 5.51. The third-order valence-corrected chi connectivity index (χ3v) is 8.33. The molecule has 0 bridgehead atoms. The van der Waals surface area contributed by atoms with Gasteiger partial charge in [0.1, 0.15) is 5.75 Å². The first-order valence-electron chi connectivity index (χ1n) is 11.3. The van der Waals surface area contributed by atoms with Crippen LogP contribution in [0.3, 0.4) is 0 Å². The summed E-state index contributed by atoms with van der Waals surface area (Å²) in [5, 5.41) is 0. The van der Waals surface area contributed by atoms with Gasteiger partial charge in [-0.2, -0.15) is 0 Å². The largest absolute Gasteiger partial charge is 0.495 e. The van der Waals surface area contributed by atoms with Gasteiger partial charge < -0.3 is 4.74 Å². The number of benzene rings is 3. The van der Waals surface area contributed by atoms with Gasteiger partial charge in [0.05, 0.1) is 22.6 Å². The number of para-hydroxylation sites is 2. The van der Waals surface area contributed by atoms with E-state index in [-0.39, 0.29) is 34.0 Å². The SMILES string of the molecule is COc1ccccc1NS(=O)(=O)c1cccc(C(=O)NNC(=O)CCNS(=O)(=O)c2ccc(C)c(C)c2)c1. The van der Waals surface area contributed by atoms with Gasteiger partial charge in [-0.05, 0) is 67.4 Å². The van der Waals surface area contributed by atoms with Crippen LogP contribution in [0.2, 0.25) is 0 Å². The zero-order valence-electron chi connectivity index (χ0n) is 20.9. The molecule has 0 aromatic heterocycles. The number of nitrogens with one attached hydrogen (secondary N) is 4. The maximum absolute atomic E-state index is 12.8. The molecule has 202 valence electrons. The summed E-state index contributed by atoms with van der Waals surface area (Å²) in [5.41, 5.74) is 6.35. The number of carbonyl (C=O) groups is 2. The quantitative estimate of drug-likeness (QED) is 0.277. The van der Waals surface area contributed by atoms with Crippen molar-refractivity contribution in [2.45, 2.75) is 30.1 Å². The average molecular weight is 561 g/mol. The molecule has 11 nitrogen and oxygen atoms in total. The summed E-state index contributed by atoms with van der Waals surface area (Å²) in [7, 11) is -6.44. The van der Waals surface area contributed by atoms with E-state index in [0.29, 0.717) is 5.75 Å². The second kappa shape index (κ2) is 12.1. The van der Waals surface area contributed by atoms with Gasteiger partial charge in [-0.25, -0.2) is 21.6 Å². The van der Waals surface area contributed by atoms with Gasteiger partial charge in [0.2, 0.25) is 15.9 Å². The minimum Gasteiger partial charge on any atom is -0.495 e. The van der Waals surface area contributed by atoms with Crippen molar-refractivity contribution in [3.05, 3.63) is 83.4 Å². The minimum atomic E-state index is -4.05. The van der Waals surface area contributed by atoms with E-state index in [9.17, 15) is 26.4 Å². The van der Waals surface area contributed by atoms with E-state index in [4.69, 9.17) is 4.74 Å². The number of ether oxygens (including phenoxy) is 1. The number of hydrazine groups is 1. The fourth-order valence-corrected chi connectivity index (χ4v) is 5.49. The molecule has 38 heavy (non-hydrogen) atoms. The highest BCUT2D eigenvalue weighted by Crippen LogP contribution is 2.26. The van der Waals surface area contributed by atoms with Crippen molar-refractivity contribution in [3.63, 3.8) is 0 Å². The molecule has 0 heterocycles. The lowest BCUT2D eigenvalue weighted by Gasteiger charge is -2.12. The monoisotopic (exact) mass is 560 g/mol. The van der Waals surface area contributed by atoms with Crippen LogP contribution in [0.1, 0.15) is 27.9 Å². The van der Waals surface area contributed by atoms with Crippen LogP contribution in [-0.2, 0) is 24.8 Å². The van der Waals surface area contributed by atoms with Crippen molar-refractivity contribution in [1.29, 1.82) is 0 Å². The van der Waals surface area contributed by atoms with E-state index in [1.54, 1.807) is 31.2 Å². The molecule has 2 amide bonds. The molecule has 0 saturated carbocycles. The maximum Gasteiger partial charge on any atom is 0.269 e. The molecule has 4 N–H and O–H groups in total. The average Bonchev–Trinajstić information content (AvgIpc) is 2.89. The molecule has 3 aromatic carbocycles. The van der Waals surface area contributed by atoms with Crippen LogP contribution in [0, 0.1) is 13.8 Å². The Morgan fingerprint density at radius 3 is 2.21 bits per heavy atom. The van der Waals surface area contributed by atoms with Gasteiger partial charge in [0, 0.05) is 18.5 Å². The number of carbonyl (C=O) groups excluding carboxylic acids is 2. The lowest BCUT2D eigenvalue weighted by atomic mass is 10.1. The molecule has 0 aliphatic rings. The fraction of sp³-hybridized carbons (Fsp3) is 0.200. The van der Waals surface area contributed by atoms with Crippen LogP contribution in [0.4, 0.5) is 5.69 Å². The maximum atomic E-state index is 12.8. The molecule has 3 rings (SSSR count). The fourth-order valence-electron chi connectivity index (χ4n) is 3.26. The van der Waals surface area contributed by atoms with Crippen molar-refractivity contribution in [3.8, 4) is 5.75 Å². The predicted octanol–water partition coefficient (Wildman–Crippen LogP) is 2.24. The van der Waals surface area contributed by atoms with Gasteiger partial charge >= 0.3 is 0 Å². The number of aryl methyl sites for hydroxylation is 2. The summed E-state index contributed by atoms with van der Waals surface area (Å²) >= 11 is 0. The molecular formula is C25H28N4O7S2. The zero-order chi connectivity index (χ0) is 27.9. The Balaban J connectivity index is 1.55. The molecule has 0 spiro atoms. The van der Waals surface area contributed by atoms with Crippen molar-refractivity contribution in [2.24, 2.45) is 0 Å². The smallest absolute Gasteiger partial charge is 0.269 e. The van der Waals surface area contributed by atoms with E-state index in [1.807, 2.05) is 6.92 Å². The Labute approximate surface area is 221 Å². The molecule has 0 saturated heterocycles. The van der Waals surface area contributed by atoms with E-state index in [1.165, 1.54) is 43.5 Å². The topological polar surface area (TPSA) is 160 Å². The minimum absolute atomic E-state index is 0.0244. The first kappa shape index (κ1) is 28.6. The van der Waals surface area contributed by atoms with Gasteiger partial charge in [0.15, 0.2) is 0 Å². The molecule has 0 atom stereocenters. The Bertz CT molecular complexity index is 1560. The summed E-state index contributed by atoms with van der Waals surface area (Å²) in [6.45, 7) is 3.47. The Morgan fingerprint density at radius 2 is 1.50 bits per heavy atom. The standard InChI is InChI=1S/C25H28N4O7S2/c1-17-11-12-21(15-18(17)2)37(32,33)26-14-13-24(30)27-28-25(31)19-7-6-8-20(16-19)38(34,35)29-22-9-4-5-10-23(22)36-3/h4-12,15-16,26,29H,13-14H2,1-3H3,(H,27,30)(H,28,31). The number of hydrogen-bond acceptors (Lipinski definition) is 7. The van der Waals surface area contributed by atoms with E-state index in [2.05, 4.69) is 20.3 Å². The highest BCUT2D eigenvalue weighted by Gasteiger charge is 2.19. The highest BCUT2D eigenvalue weighted by atomic mass is 32.2. The first-order valence-corrected chi connectivity index (χ1v) is 14.3. The number of methoxy groups -OCH3 is 1. The molecular weight excluding hydrogens is 532 g/mol. The van der Waals surface area contributed by atoms with Crippen LogP contribution in [0.5, 0.6) is 5.75 Å². The van der Waals surface area contributed by atoms with Crippen LogP contribution < -0.4 is 25.0 Å². The van der Waals surface area contributed by atoms with Crippen LogP contribution in [0.25, 0.3) is 0 Å². The van der Waals surface area contributed by atoms with Crippen LogP contribution >= 0.6 is 0 Å². The van der Waals surface area contributed by atoms with Gasteiger partial charge in [-0.1, -0.05) is 24.3 Å². The van der Waals surface area contributed by atoms with Crippen LogP contribution in [0.15, 0.2) is 76.5 Å². The number of sulfonamides is 2. The van der Waals surface area contributed by atoms with Crippen molar-refractivity contribution in [1.82, 2.24) is 15.6 Å². The molecule has 3 aromatic rings. The second-order valence-electron chi connectivity index (χ2n) is 8.23. The number of hydrogen-bond donors (Lipinski definition) is 4. The Hall–Kier alpha value is -3.94. The predicted molar refractivity (Wildman–Crippen MR) is 142 cm³/mol. The van der Waals surface area contributed by atoms with Gasteiger partial charge in [-0.15, -0.1) is 0 Å². The molecule has 0 unspecified atom stereocenters. The third kappa shape index (κ3) is 7.31. The van der Waals surface area contributed by atoms with E-state index in [0.717, 1.165) is 17.2 Å². The van der Waals surface area contributed by atoms with E-state index >= 15 is 0 Å². The molecule has 0 radical (unpaired) electrons. The van der Waals surface area contributed by atoms with Crippen LogP contribution in [-0.4, -0.2) is 42.3 Å². The van der Waals surface area contributed by atoms with Crippen molar-refractivity contribution >= 4 is 37.5 Å². The Kier molecular flexibility index (Phi) is 9.09. The normalized spacial score (nSPS) is 11.4. The summed E-state index contributed by atoms with van der Waals surface area (Å²) in [5.74, 6) is -1.09. The second-order valence-corrected chi connectivity index (χ2v) is 11.7. The lowest BCUT2D eigenvalue weighted by molar-refractivity contribution is -0.121. The summed E-state index contributed by atoms with van der Waals surface area (Å²) < 4.78 is 60.4. The molecule has 0 aliphatic carbocycles.